The van der Waals surface area contributed by atoms with E-state index in [1.165, 1.54) is 0 Å². The van der Waals surface area contributed by atoms with Gasteiger partial charge < -0.3 is 14.2 Å². The monoisotopic (exact) mass is 444 g/mol. The number of hydrogen-bond donors (Lipinski definition) is 0. The molecule has 3 heterocycles. The first-order chi connectivity index (χ1) is 16.2. The van der Waals surface area contributed by atoms with Gasteiger partial charge in [-0.15, -0.1) is 5.10 Å². The molecule has 1 aliphatic rings. The maximum atomic E-state index is 12.8. The Balaban J connectivity index is 1.21. The molecule has 4 aromatic rings. The summed E-state index contributed by atoms with van der Waals surface area (Å²) >= 11 is 0. The number of hydrogen-bond acceptors (Lipinski definition) is 7. The van der Waals surface area contributed by atoms with Gasteiger partial charge >= 0.3 is 0 Å². The summed E-state index contributed by atoms with van der Waals surface area (Å²) in [4.78, 5) is 19.1. The van der Waals surface area contributed by atoms with Gasteiger partial charge in [0.05, 0.1) is 25.3 Å². The first kappa shape index (κ1) is 20.9. The smallest absolute Gasteiger partial charge is 0.280 e. The zero-order valence-electron chi connectivity index (χ0n) is 18.3. The van der Waals surface area contributed by atoms with Gasteiger partial charge in [-0.25, -0.2) is 4.68 Å². The van der Waals surface area contributed by atoms with Crippen LogP contribution in [0.15, 0.2) is 65.3 Å². The van der Waals surface area contributed by atoms with Crippen molar-refractivity contribution in [1.82, 2.24) is 30.0 Å². The molecule has 2 aromatic heterocycles. The van der Waals surface area contributed by atoms with Gasteiger partial charge in [-0.1, -0.05) is 52.8 Å². The van der Waals surface area contributed by atoms with Crippen LogP contribution in [0.4, 0.5) is 0 Å². The molecule has 1 aliphatic heterocycles. The minimum Gasteiger partial charge on any atom is -0.494 e. The van der Waals surface area contributed by atoms with E-state index in [0.717, 1.165) is 23.3 Å². The Kier molecular flexibility index (Phi) is 5.84. The van der Waals surface area contributed by atoms with E-state index in [-0.39, 0.29) is 11.9 Å². The minimum atomic E-state index is 0.0621. The second kappa shape index (κ2) is 9.23. The Hall–Kier alpha value is -4.01. The summed E-state index contributed by atoms with van der Waals surface area (Å²) in [5.41, 5.74) is 2.36. The third-order valence-corrected chi connectivity index (χ3v) is 5.67. The van der Waals surface area contributed by atoms with E-state index in [0.29, 0.717) is 43.5 Å². The van der Waals surface area contributed by atoms with E-state index in [2.05, 4.69) is 20.5 Å². The number of aromatic nitrogens is 5. The van der Waals surface area contributed by atoms with Crippen molar-refractivity contribution in [2.24, 2.45) is 0 Å². The first-order valence-corrected chi connectivity index (χ1v) is 11.0. The number of amides is 1. The molecule has 0 N–H and O–H groups in total. The quantitative estimate of drug-likeness (QED) is 0.431. The Morgan fingerprint density at radius 3 is 2.76 bits per heavy atom. The summed E-state index contributed by atoms with van der Waals surface area (Å²) in [6.45, 7) is 3.85. The van der Waals surface area contributed by atoms with Crippen molar-refractivity contribution >= 4 is 5.91 Å². The highest BCUT2D eigenvalue weighted by atomic mass is 16.5. The largest absolute Gasteiger partial charge is 0.494 e. The predicted molar refractivity (Wildman–Crippen MR) is 120 cm³/mol. The van der Waals surface area contributed by atoms with Crippen LogP contribution in [-0.2, 0) is 11.2 Å². The molecular weight excluding hydrogens is 420 g/mol. The van der Waals surface area contributed by atoms with E-state index >= 15 is 0 Å². The molecule has 9 nitrogen and oxygen atoms in total. The average molecular weight is 444 g/mol. The number of nitrogens with zero attached hydrogens (tertiary/aromatic N) is 6. The fourth-order valence-corrected chi connectivity index (χ4v) is 3.93. The lowest BCUT2D eigenvalue weighted by Crippen LogP contribution is -2.30. The summed E-state index contributed by atoms with van der Waals surface area (Å²) in [7, 11) is 0. The highest BCUT2D eigenvalue weighted by Crippen LogP contribution is 2.25. The number of benzene rings is 2. The molecule has 0 spiro atoms. The van der Waals surface area contributed by atoms with Gasteiger partial charge in [0.25, 0.3) is 5.89 Å². The highest BCUT2D eigenvalue weighted by Gasteiger charge is 2.28. The second-order valence-corrected chi connectivity index (χ2v) is 7.91. The number of carbonyl (C=O) groups excluding carboxylic acids is 1. The molecular formula is C24H24N6O3. The molecule has 9 heteroatoms. The lowest BCUT2D eigenvalue weighted by molar-refractivity contribution is -0.129. The number of likely N-dealkylation sites (tertiary alicyclic amines) is 1. The van der Waals surface area contributed by atoms with E-state index in [9.17, 15) is 4.79 Å². The topological polar surface area (TPSA) is 99.2 Å². The summed E-state index contributed by atoms with van der Waals surface area (Å²) in [6, 6.07) is 17.4. The number of carbonyl (C=O) groups is 1. The van der Waals surface area contributed by atoms with Crippen LogP contribution in [0.1, 0.15) is 24.9 Å². The molecule has 0 aliphatic carbocycles. The molecule has 33 heavy (non-hydrogen) atoms. The van der Waals surface area contributed by atoms with Crippen molar-refractivity contribution < 1.29 is 14.1 Å². The average Bonchev–Trinajstić information content (AvgIpc) is 3.61. The number of ether oxygens (including phenoxy) is 1. The van der Waals surface area contributed by atoms with Crippen LogP contribution in [0.3, 0.4) is 0 Å². The van der Waals surface area contributed by atoms with Gasteiger partial charge in [-0.05, 0) is 31.0 Å². The van der Waals surface area contributed by atoms with Gasteiger partial charge in [0.1, 0.15) is 5.75 Å². The molecule has 0 radical (unpaired) electrons. The van der Waals surface area contributed by atoms with Crippen molar-refractivity contribution in [3.8, 4) is 28.7 Å². The van der Waals surface area contributed by atoms with E-state index in [4.69, 9.17) is 9.26 Å². The summed E-state index contributed by atoms with van der Waals surface area (Å²) in [6.07, 6.45) is 2.98. The summed E-state index contributed by atoms with van der Waals surface area (Å²) < 4.78 is 12.6. The van der Waals surface area contributed by atoms with E-state index in [1.54, 1.807) is 10.9 Å². The molecule has 0 unspecified atom stereocenters. The molecule has 0 bridgehead atoms. The van der Waals surface area contributed by atoms with Gasteiger partial charge in [0.15, 0.2) is 5.69 Å². The van der Waals surface area contributed by atoms with Crippen LogP contribution >= 0.6 is 0 Å². The molecule has 1 fully saturated rings. The lowest BCUT2D eigenvalue weighted by atomic mass is 10.1. The SMILES string of the molecule is CCOc1ccc(CC(=O)N2CC[C@H](n3cc(-c4nc(-c5ccccc5)no4)nn3)C2)cc1. The molecule has 1 amide bonds. The van der Waals surface area contributed by atoms with Crippen LogP contribution in [-0.4, -0.2) is 55.6 Å². The van der Waals surface area contributed by atoms with Crippen molar-refractivity contribution in [2.45, 2.75) is 25.8 Å². The fourth-order valence-electron chi connectivity index (χ4n) is 3.93. The summed E-state index contributed by atoms with van der Waals surface area (Å²) in [5.74, 6) is 1.74. The van der Waals surface area contributed by atoms with Crippen molar-refractivity contribution in [3.63, 3.8) is 0 Å². The van der Waals surface area contributed by atoms with Crippen LogP contribution in [0.5, 0.6) is 5.75 Å². The molecule has 1 atom stereocenters. The van der Waals surface area contributed by atoms with Gasteiger partial charge in [0, 0.05) is 18.7 Å². The van der Waals surface area contributed by atoms with Crippen molar-refractivity contribution in [2.75, 3.05) is 19.7 Å². The van der Waals surface area contributed by atoms with Crippen LogP contribution in [0.25, 0.3) is 23.0 Å². The predicted octanol–water partition coefficient (Wildman–Crippen LogP) is 3.41. The van der Waals surface area contributed by atoms with Crippen LogP contribution < -0.4 is 4.74 Å². The summed E-state index contributed by atoms with van der Waals surface area (Å²) in [5, 5.41) is 12.5. The van der Waals surface area contributed by atoms with Crippen molar-refractivity contribution in [3.05, 3.63) is 66.4 Å². The zero-order chi connectivity index (χ0) is 22.6. The minimum absolute atomic E-state index is 0.0621. The molecule has 2 aromatic carbocycles. The molecule has 5 rings (SSSR count). The van der Waals surface area contributed by atoms with Crippen LogP contribution in [0.2, 0.25) is 0 Å². The zero-order valence-corrected chi connectivity index (χ0v) is 18.3. The van der Waals surface area contributed by atoms with E-state index in [1.807, 2.05) is 66.4 Å². The third-order valence-electron chi connectivity index (χ3n) is 5.67. The Labute approximate surface area is 191 Å². The Morgan fingerprint density at radius 1 is 1.15 bits per heavy atom. The van der Waals surface area contributed by atoms with Gasteiger partial charge in [0.2, 0.25) is 11.7 Å². The normalized spacial score (nSPS) is 15.7. The highest BCUT2D eigenvalue weighted by molar-refractivity contribution is 5.79. The van der Waals surface area contributed by atoms with Gasteiger partial charge in [-0.3, -0.25) is 4.79 Å². The fraction of sp³-hybridized carbons (Fsp3) is 0.292. The maximum absolute atomic E-state index is 12.8. The second-order valence-electron chi connectivity index (χ2n) is 7.91. The standard InChI is InChI=1S/C24H24N6O3/c1-2-32-20-10-8-17(9-11-20)14-22(31)29-13-12-19(15-29)30-16-21(26-28-30)24-25-23(27-33-24)18-6-4-3-5-7-18/h3-11,16,19H,2,12-15H2,1H3/t19-/m0/s1. The Morgan fingerprint density at radius 2 is 1.97 bits per heavy atom. The van der Waals surface area contributed by atoms with Crippen LogP contribution in [0, 0.1) is 0 Å². The third kappa shape index (κ3) is 4.62. The maximum Gasteiger partial charge on any atom is 0.280 e. The van der Waals surface area contributed by atoms with Gasteiger partial charge in [-0.2, -0.15) is 4.98 Å². The molecule has 1 saturated heterocycles. The molecule has 0 saturated carbocycles. The number of rotatable bonds is 7. The lowest BCUT2D eigenvalue weighted by Gasteiger charge is -2.16. The van der Waals surface area contributed by atoms with E-state index < -0.39 is 0 Å². The first-order valence-electron chi connectivity index (χ1n) is 11.0. The molecule has 168 valence electrons. The Bertz CT molecular complexity index is 1220. The van der Waals surface area contributed by atoms with Crippen molar-refractivity contribution in [1.29, 1.82) is 0 Å².